The average molecular weight is 351 g/mol. The highest BCUT2D eigenvalue weighted by molar-refractivity contribution is 7.15. The highest BCUT2D eigenvalue weighted by atomic mass is 35.5. The van der Waals surface area contributed by atoms with E-state index in [0.717, 1.165) is 41.4 Å². The van der Waals surface area contributed by atoms with Crippen LogP contribution in [-0.2, 0) is 17.8 Å². The van der Waals surface area contributed by atoms with Gasteiger partial charge < -0.3 is 9.64 Å². The predicted octanol–water partition coefficient (Wildman–Crippen LogP) is 3.72. The zero-order valence-corrected chi connectivity index (χ0v) is 14.6. The van der Waals surface area contributed by atoms with E-state index >= 15 is 0 Å². The molecular weight excluding hydrogens is 332 g/mol. The number of carbonyl (C=O) groups is 1. The molecule has 1 aliphatic heterocycles. The first kappa shape index (κ1) is 16.3. The molecule has 2 heterocycles. The molecule has 0 radical (unpaired) electrons. The molecule has 0 aliphatic carbocycles. The molecule has 1 aromatic heterocycles. The number of hydrogen-bond donors (Lipinski definition) is 0. The number of thiazole rings is 1. The lowest BCUT2D eigenvalue weighted by atomic mass is 10.2. The molecule has 23 heavy (non-hydrogen) atoms. The topological polar surface area (TPSA) is 42.4 Å². The molecule has 0 spiro atoms. The quantitative estimate of drug-likeness (QED) is 0.609. The lowest BCUT2D eigenvalue weighted by Gasteiger charge is -2.24. The van der Waals surface area contributed by atoms with Crippen molar-refractivity contribution in [3.8, 4) is 16.3 Å². The van der Waals surface area contributed by atoms with E-state index in [1.165, 1.54) is 4.88 Å². The molecule has 0 bridgehead atoms. The third-order valence-electron chi connectivity index (χ3n) is 3.82. The fourth-order valence-corrected chi connectivity index (χ4v) is 3.76. The van der Waals surface area contributed by atoms with Crippen LogP contribution < -0.4 is 4.74 Å². The SMILES string of the molecule is CC(=O)N1CCc2nc(-c3ccc(OCCCCl)cc3)sc2C1. The van der Waals surface area contributed by atoms with E-state index in [2.05, 4.69) is 0 Å². The number of carbonyl (C=O) groups excluding carboxylic acids is 1. The van der Waals surface area contributed by atoms with Gasteiger partial charge in [-0.3, -0.25) is 4.79 Å². The summed E-state index contributed by atoms with van der Waals surface area (Å²) in [6, 6.07) is 7.99. The van der Waals surface area contributed by atoms with Crippen molar-refractivity contribution in [1.82, 2.24) is 9.88 Å². The van der Waals surface area contributed by atoms with Crippen LogP contribution in [0.4, 0.5) is 0 Å². The van der Waals surface area contributed by atoms with Crippen LogP contribution in [0.2, 0.25) is 0 Å². The molecule has 0 N–H and O–H groups in total. The van der Waals surface area contributed by atoms with Gasteiger partial charge in [0.2, 0.25) is 5.91 Å². The van der Waals surface area contributed by atoms with Gasteiger partial charge in [-0.15, -0.1) is 22.9 Å². The Morgan fingerprint density at radius 1 is 1.39 bits per heavy atom. The molecule has 1 aliphatic rings. The van der Waals surface area contributed by atoms with Crippen molar-refractivity contribution < 1.29 is 9.53 Å². The van der Waals surface area contributed by atoms with Crippen molar-refractivity contribution in [3.05, 3.63) is 34.8 Å². The minimum absolute atomic E-state index is 0.129. The monoisotopic (exact) mass is 350 g/mol. The van der Waals surface area contributed by atoms with Crippen LogP contribution in [0, 0.1) is 0 Å². The van der Waals surface area contributed by atoms with Crippen LogP contribution >= 0.6 is 22.9 Å². The fourth-order valence-electron chi connectivity index (χ4n) is 2.53. The van der Waals surface area contributed by atoms with E-state index in [0.29, 0.717) is 19.0 Å². The first-order valence-corrected chi connectivity index (χ1v) is 9.06. The Balaban J connectivity index is 1.72. The smallest absolute Gasteiger partial charge is 0.219 e. The van der Waals surface area contributed by atoms with Crippen LogP contribution in [0.25, 0.3) is 10.6 Å². The number of fused-ring (bicyclic) bond motifs is 1. The molecule has 122 valence electrons. The number of benzene rings is 1. The summed E-state index contributed by atoms with van der Waals surface area (Å²) in [4.78, 5) is 19.3. The minimum atomic E-state index is 0.129. The van der Waals surface area contributed by atoms with E-state index in [1.807, 2.05) is 29.2 Å². The molecule has 1 amide bonds. The third-order valence-corrected chi connectivity index (χ3v) is 5.22. The van der Waals surface area contributed by atoms with Gasteiger partial charge in [0.05, 0.1) is 18.8 Å². The molecule has 6 heteroatoms. The Labute approximate surface area is 145 Å². The van der Waals surface area contributed by atoms with Gasteiger partial charge in [-0.05, 0) is 30.7 Å². The van der Waals surface area contributed by atoms with Crippen molar-refractivity contribution in [2.24, 2.45) is 0 Å². The van der Waals surface area contributed by atoms with Gasteiger partial charge in [0.1, 0.15) is 10.8 Å². The Morgan fingerprint density at radius 2 is 2.17 bits per heavy atom. The Morgan fingerprint density at radius 3 is 2.87 bits per heavy atom. The van der Waals surface area contributed by atoms with Crippen molar-refractivity contribution in [2.45, 2.75) is 26.3 Å². The largest absolute Gasteiger partial charge is 0.494 e. The third kappa shape index (κ3) is 3.85. The summed E-state index contributed by atoms with van der Waals surface area (Å²) in [7, 11) is 0. The fraction of sp³-hybridized carbons (Fsp3) is 0.412. The van der Waals surface area contributed by atoms with E-state index < -0.39 is 0 Å². The van der Waals surface area contributed by atoms with E-state index in [9.17, 15) is 4.79 Å². The first-order chi connectivity index (χ1) is 11.2. The van der Waals surface area contributed by atoms with Crippen molar-refractivity contribution in [1.29, 1.82) is 0 Å². The standard InChI is InChI=1S/C17H19ClN2O2S/c1-12(21)20-9-7-15-16(11-20)23-17(19-15)13-3-5-14(6-4-13)22-10-2-8-18/h3-6H,2,7-11H2,1H3. The summed E-state index contributed by atoms with van der Waals surface area (Å²) in [5, 5.41) is 1.01. The van der Waals surface area contributed by atoms with Crippen LogP contribution in [0.5, 0.6) is 5.75 Å². The van der Waals surface area contributed by atoms with Gasteiger partial charge in [-0.2, -0.15) is 0 Å². The maximum absolute atomic E-state index is 11.5. The van der Waals surface area contributed by atoms with Crippen LogP contribution in [0.3, 0.4) is 0 Å². The highest BCUT2D eigenvalue weighted by Gasteiger charge is 2.22. The maximum Gasteiger partial charge on any atom is 0.219 e. The Bertz CT molecular complexity index is 684. The summed E-state index contributed by atoms with van der Waals surface area (Å²) in [6.07, 6.45) is 1.68. The van der Waals surface area contributed by atoms with Gasteiger partial charge in [-0.25, -0.2) is 4.98 Å². The molecule has 1 aromatic carbocycles. The molecule has 0 atom stereocenters. The van der Waals surface area contributed by atoms with Gasteiger partial charge in [-0.1, -0.05) is 0 Å². The molecule has 0 saturated carbocycles. The number of ether oxygens (including phenoxy) is 1. The summed E-state index contributed by atoms with van der Waals surface area (Å²) in [5.41, 5.74) is 2.22. The van der Waals surface area contributed by atoms with Crippen LogP contribution in [0.15, 0.2) is 24.3 Å². The van der Waals surface area contributed by atoms with E-state index in [4.69, 9.17) is 21.3 Å². The number of hydrogen-bond acceptors (Lipinski definition) is 4. The van der Waals surface area contributed by atoms with Gasteiger partial charge in [0, 0.05) is 36.2 Å². The Kier molecular flexibility index (Phi) is 5.18. The second kappa shape index (κ2) is 7.32. The maximum atomic E-state index is 11.5. The molecule has 0 saturated heterocycles. The Hall–Kier alpha value is -1.59. The lowest BCUT2D eigenvalue weighted by Crippen LogP contribution is -2.33. The normalized spacial score (nSPS) is 13.7. The summed E-state index contributed by atoms with van der Waals surface area (Å²) in [6.45, 7) is 3.70. The molecule has 2 aromatic rings. The van der Waals surface area contributed by atoms with E-state index in [-0.39, 0.29) is 5.91 Å². The molecule has 0 unspecified atom stereocenters. The van der Waals surface area contributed by atoms with Crippen molar-refractivity contribution in [2.75, 3.05) is 19.0 Å². The van der Waals surface area contributed by atoms with Gasteiger partial charge in [0.25, 0.3) is 0 Å². The predicted molar refractivity (Wildman–Crippen MR) is 93.2 cm³/mol. The number of amides is 1. The zero-order valence-electron chi connectivity index (χ0n) is 13.0. The van der Waals surface area contributed by atoms with Crippen LogP contribution in [0.1, 0.15) is 23.9 Å². The summed E-state index contributed by atoms with van der Waals surface area (Å²) >= 11 is 7.31. The first-order valence-electron chi connectivity index (χ1n) is 7.70. The average Bonchev–Trinajstić information content (AvgIpc) is 2.98. The highest BCUT2D eigenvalue weighted by Crippen LogP contribution is 2.32. The molecule has 3 rings (SSSR count). The van der Waals surface area contributed by atoms with E-state index in [1.54, 1.807) is 18.3 Å². The summed E-state index contributed by atoms with van der Waals surface area (Å²) in [5.74, 6) is 1.59. The molecule has 0 fully saturated rings. The second-order valence-corrected chi connectivity index (χ2v) is 6.96. The molecular formula is C17H19ClN2O2S. The van der Waals surface area contributed by atoms with Crippen molar-refractivity contribution in [3.63, 3.8) is 0 Å². The van der Waals surface area contributed by atoms with Gasteiger partial charge >= 0.3 is 0 Å². The number of rotatable bonds is 5. The molecule has 4 nitrogen and oxygen atoms in total. The zero-order chi connectivity index (χ0) is 16.2. The number of aromatic nitrogens is 1. The lowest BCUT2D eigenvalue weighted by molar-refractivity contribution is -0.129. The number of alkyl halides is 1. The summed E-state index contributed by atoms with van der Waals surface area (Å²) < 4.78 is 5.61. The van der Waals surface area contributed by atoms with Crippen molar-refractivity contribution >= 4 is 28.8 Å². The van der Waals surface area contributed by atoms with Gasteiger partial charge in [0.15, 0.2) is 0 Å². The van der Waals surface area contributed by atoms with Crippen LogP contribution in [-0.4, -0.2) is 34.8 Å². The second-order valence-electron chi connectivity index (χ2n) is 5.49. The number of halogens is 1. The minimum Gasteiger partial charge on any atom is -0.494 e. The number of nitrogens with zero attached hydrogens (tertiary/aromatic N) is 2.